The van der Waals surface area contributed by atoms with Gasteiger partial charge in [-0.1, -0.05) is 24.3 Å². The second kappa shape index (κ2) is 5.35. The molecule has 3 aromatic heterocycles. The number of benzene rings is 2. The molecule has 3 heterocycles. The van der Waals surface area contributed by atoms with Crippen molar-refractivity contribution in [3.63, 3.8) is 0 Å². The molecule has 2 aromatic carbocycles. The lowest BCUT2D eigenvalue weighted by Gasteiger charge is -2.07. The maximum absolute atomic E-state index is 10.9. The Morgan fingerprint density at radius 3 is 2.46 bits per heavy atom. The minimum Gasteiger partial charge on any atom is -0.298 e. The fourth-order valence-electron chi connectivity index (χ4n) is 3.30. The van der Waals surface area contributed by atoms with Crippen LogP contribution in [0.3, 0.4) is 0 Å². The second-order valence-electron chi connectivity index (χ2n) is 6.02. The van der Waals surface area contributed by atoms with E-state index in [1.165, 1.54) is 12.1 Å². The van der Waals surface area contributed by atoms with E-state index in [1.54, 1.807) is 12.1 Å². The average molecular weight is 340 g/mol. The van der Waals surface area contributed by atoms with Crippen LogP contribution in [-0.2, 0) is 0 Å². The molecule has 0 bridgehead atoms. The number of nitro benzene ring substituents is 1. The molecule has 0 fully saturated rings. The number of imidazole rings is 1. The third kappa shape index (κ3) is 2.05. The van der Waals surface area contributed by atoms with Crippen LogP contribution in [0.2, 0.25) is 0 Å². The summed E-state index contributed by atoms with van der Waals surface area (Å²) < 4.78 is 2.01. The smallest absolute Gasteiger partial charge is 0.269 e. The molecule has 0 spiro atoms. The molecule has 0 saturated heterocycles. The lowest BCUT2D eigenvalue weighted by atomic mass is 10.1. The Morgan fingerprint density at radius 1 is 0.885 bits per heavy atom. The van der Waals surface area contributed by atoms with Crippen LogP contribution in [-0.4, -0.2) is 19.3 Å². The molecule has 0 amide bonds. The minimum atomic E-state index is -0.401. The topological polar surface area (TPSA) is 73.3 Å². The number of nitrogens with zero attached hydrogens (tertiary/aromatic N) is 4. The van der Waals surface area contributed by atoms with E-state index in [4.69, 9.17) is 9.97 Å². The third-order valence-corrected chi connectivity index (χ3v) is 4.50. The van der Waals surface area contributed by atoms with Crippen molar-refractivity contribution in [2.45, 2.75) is 0 Å². The number of rotatable bonds is 2. The zero-order valence-corrected chi connectivity index (χ0v) is 13.5. The lowest BCUT2D eigenvalue weighted by molar-refractivity contribution is -0.384. The Morgan fingerprint density at radius 2 is 1.65 bits per heavy atom. The molecule has 6 nitrogen and oxygen atoms in total. The molecule has 5 rings (SSSR count). The van der Waals surface area contributed by atoms with Crippen LogP contribution in [0.25, 0.3) is 38.8 Å². The number of pyridine rings is 2. The van der Waals surface area contributed by atoms with E-state index >= 15 is 0 Å². The fraction of sp³-hybridized carbons (Fsp3) is 0. The van der Waals surface area contributed by atoms with Gasteiger partial charge in [0.1, 0.15) is 11.2 Å². The first-order valence-corrected chi connectivity index (χ1v) is 8.13. The summed E-state index contributed by atoms with van der Waals surface area (Å²) in [5.41, 5.74) is 5.08. The Hall–Kier alpha value is -3.80. The van der Waals surface area contributed by atoms with Gasteiger partial charge >= 0.3 is 0 Å². The van der Waals surface area contributed by atoms with E-state index in [1.807, 2.05) is 53.1 Å². The summed E-state index contributed by atoms with van der Waals surface area (Å²) in [6.07, 6.45) is 1.95. The quantitative estimate of drug-likeness (QED) is 0.347. The van der Waals surface area contributed by atoms with Gasteiger partial charge in [-0.15, -0.1) is 0 Å². The number of hydrogen-bond donors (Lipinski definition) is 0. The molecule has 26 heavy (non-hydrogen) atoms. The van der Waals surface area contributed by atoms with E-state index in [0.29, 0.717) is 0 Å². The third-order valence-electron chi connectivity index (χ3n) is 4.50. The van der Waals surface area contributed by atoms with E-state index in [2.05, 4.69) is 0 Å². The summed E-state index contributed by atoms with van der Waals surface area (Å²) in [6, 6.07) is 20.2. The highest BCUT2D eigenvalue weighted by molar-refractivity contribution is 6.08. The van der Waals surface area contributed by atoms with E-state index in [9.17, 15) is 10.1 Å². The molecule has 0 atom stereocenters. The number of non-ortho nitro benzene ring substituents is 1. The zero-order chi connectivity index (χ0) is 17.7. The fourth-order valence-corrected chi connectivity index (χ4v) is 3.30. The van der Waals surface area contributed by atoms with Crippen molar-refractivity contribution in [3.8, 4) is 11.3 Å². The van der Waals surface area contributed by atoms with Gasteiger partial charge in [-0.05, 0) is 30.3 Å². The largest absolute Gasteiger partial charge is 0.298 e. The molecule has 5 aromatic rings. The Labute approximate surface area is 147 Å². The second-order valence-corrected chi connectivity index (χ2v) is 6.02. The van der Waals surface area contributed by atoms with Crippen molar-refractivity contribution in [1.82, 2.24) is 14.4 Å². The van der Waals surface area contributed by atoms with Crippen LogP contribution >= 0.6 is 0 Å². The van der Waals surface area contributed by atoms with Crippen molar-refractivity contribution in [2.24, 2.45) is 0 Å². The maximum Gasteiger partial charge on any atom is 0.269 e. The number of aromatic nitrogens is 3. The summed E-state index contributed by atoms with van der Waals surface area (Å²) in [5, 5.41) is 11.9. The SMILES string of the molecule is O=[N+]([O-])c1ccc(-c2nc3ccccc3c3nc4ccccn4c23)cc1. The van der Waals surface area contributed by atoms with Crippen molar-refractivity contribution >= 4 is 33.3 Å². The van der Waals surface area contributed by atoms with Gasteiger partial charge in [0.25, 0.3) is 5.69 Å². The van der Waals surface area contributed by atoms with Crippen molar-refractivity contribution in [3.05, 3.63) is 83.0 Å². The first-order chi connectivity index (χ1) is 12.7. The molecule has 0 unspecified atom stereocenters. The van der Waals surface area contributed by atoms with Crippen LogP contribution in [0, 0.1) is 10.1 Å². The molecular weight excluding hydrogens is 328 g/mol. The maximum atomic E-state index is 10.9. The predicted molar refractivity (Wildman–Crippen MR) is 100 cm³/mol. The molecule has 124 valence electrons. The summed E-state index contributed by atoms with van der Waals surface area (Å²) in [6.45, 7) is 0. The van der Waals surface area contributed by atoms with Gasteiger partial charge < -0.3 is 0 Å². The normalized spacial score (nSPS) is 11.4. The van der Waals surface area contributed by atoms with Crippen LogP contribution < -0.4 is 0 Å². The Kier molecular flexibility index (Phi) is 2.99. The van der Waals surface area contributed by atoms with Crippen molar-refractivity contribution in [2.75, 3.05) is 0 Å². The monoisotopic (exact) mass is 340 g/mol. The van der Waals surface area contributed by atoms with Gasteiger partial charge in [0.2, 0.25) is 0 Å². The highest BCUT2D eigenvalue weighted by atomic mass is 16.6. The van der Waals surface area contributed by atoms with E-state index in [-0.39, 0.29) is 5.69 Å². The molecule has 0 radical (unpaired) electrons. The zero-order valence-electron chi connectivity index (χ0n) is 13.5. The molecule has 6 heteroatoms. The summed E-state index contributed by atoms with van der Waals surface area (Å²) >= 11 is 0. The summed E-state index contributed by atoms with van der Waals surface area (Å²) in [7, 11) is 0. The first kappa shape index (κ1) is 14.5. The number of para-hydroxylation sites is 1. The number of fused-ring (bicyclic) bond motifs is 5. The molecule has 0 saturated carbocycles. The predicted octanol–water partition coefficient (Wildman–Crippen LogP) is 4.61. The van der Waals surface area contributed by atoms with E-state index < -0.39 is 4.92 Å². The van der Waals surface area contributed by atoms with Gasteiger partial charge in [0.05, 0.1) is 21.7 Å². The van der Waals surface area contributed by atoms with Gasteiger partial charge in [-0.3, -0.25) is 14.5 Å². The van der Waals surface area contributed by atoms with Crippen LogP contribution in [0.15, 0.2) is 72.9 Å². The van der Waals surface area contributed by atoms with Crippen LogP contribution in [0.4, 0.5) is 5.69 Å². The highest BCUT2D eigenvalue weighted by Crippen LogP contribution is 2.33. The van der Waals surface area contributed by atoms with Crippen molar-refractivity contribution in [1.29, 1.82) is 0 Å². The molecule has 0 N–H and O–H groups in total. The van der Waals surface area contributed by atoms with E-state index in [0.717, 1.165) is 38.8 Å². The van der Waals surface area contributed by atoms with Gasteiger partial charge in [-0.25, -0.2) is 9.97 Å². The van der Waals surface area contributed by atoms with Gasteiger partial charge in [0, 0.05) is 29.3 Å². The minimum absolute atomic E-state index is 0.0592. The van der Waals surface area contributed by atoms with Crippen molar-refractivity contribution < 1.29 is 4.92 Å². The standard InChI is InChI=1S/C20H12N4O2/c25-24(26)14-10-8-13(9-11-14)18-20-19(15-5-1-2-6-16(15)21-18)22-17-7-3-4-12-23(17)20/h1-12H. The molecule has 0 aliphatic heterocycles. The molecule has 0 aliphatic rings. The molecule has 0 aliphatic carbocycles. The highest BCUT2D eigenvalue weighted by Gasteiger charge is 2.16. The van der Waals surface area contributed by atoms with Crippen LogP contribution in [0.5, 0.6) is 0 Å². The Balaban J connectivity index is 1.92. The Bertz CT molecular complexity index is 1310. The summed E-state index contributed by atoms with van der Waals surface area (Å²) in [4.78, 5) is 20.2. The lowest BCUT2D eigenvalue weighted by Crippen LogP contribution is -1.93. The number of hydrogen-bond acceptors (Lipinski definition) is 4. The van der Waals surface area contributed by atoms with Crippen LogP contribution in [0.1, 0.15) is 0 Å². The average Bonchev–Trinajstić information content (AvgIpc) is 3.07. The molecular formula is C20H12N4O2. The summed E-state index contributed by atoms with van der Waals surface area (Å²) in [5.74, 6) is 0. The first-order valence-electron chi connectivity index (χ1n) is 8.13. The number of nitro groups is 1. The van der Waals surface area contributed by atoms with Gasteiger partial charge in [-0.2, -0.15) is 0 Å². The van der Waals surface area contributed by atoms with Gasteiger partial charge in [0.15, 0.2) is 0 Å².